The second-order valence-electron chi connectivity index (χ2n) is 3.92. The molecule has 0 saturated carbocycles. The fourth-order valence-electron chi connectivity index (χ4n) is 1.64. The number of aromatic hydroxyl groups is 2. The minimum atomic E-state index is -0.967. The van der Waals surface area contributed by atoms with E-state index in [-0.39, 0.29) is 11.0 Å². The lowest BCUT2D eigenvalue weighted by atomic mass is 10.2. The summed E-state index contributed by atoms with van der Waals surface area (Å²) in [5, 5.41) is 19.4. The molecule has 0 aliphatic rings. The lowest BCUT2D eigenvalue weighted by Gasteiger charge is -2.09. The highest BCUT2D eigenvalue weighted by atomic mass is 16.5. The molecule has 0 atom stereocenters. The average Bonchev–Trinajstić information content (AvgIpc) is 2.36. The van der Waals surface area contributed by atoms with Crippen LogP contribution in [-0.2, 0) is 0 Å². The van der Waals surface area contributed by atoms with Crippen LogP contribution < -0.4 is 10.4 Å². The summed E-state index contributed by atoms with van der Waals surface area (Å²) in [5.74, 6) is -0.917. The molecule has 0 bridgehead atoms. The van der Waals surface area contributed by atoms with Crippen molar-refractivity contribution in [3.05, 3.63) is 28.6 Å². The standard InChI is InChI=1S/C13H14O5/c1-2-3-7-17-8-5-4-6-9-10(8)11(14)12(15)13(16)18-9/h4-6,14-15H,2-3,7H2,1H3. The fourth-order valence-corrected chi connectivity index (χ4v) is 1.64. The van der Waals surface area contributed by atoms with Gasteiger partial charge in [-0.3, -0.25) is 0 Å². The van der Waals surface area contributed by atoms with Crippen LogP contribution in [0.4, 0.5) is 0 Å². The first-order valence-corrected chi connectivity index (χ1v) is 5.75. The summed E-state index contributed by atoms with van der Waals surface area (Å²) in [6, 6.07) is 4.84. The van der Waals surface area contributed by atoms with Gasteiger partial charge in [0.15, 0.2) is 5.75 Å². The summed E-state index contributed by atoms with van der Waals surface area (Å²) < 4.78 is 10.4. The summed E-state index contributed by atoms with van der Waals surface area (Å²) in [4.78, 5) is 11.2. The van der Waals surface area contributed by atoms with E-state index in [2.05, 4.69) is 0 Å². The van der Waals surface area contributed by atoms with Crippen molar-refractivity contribution in [2.75, 3.05) is 6.61 Å². The molecule has 0 fully saturated rings. The maximum atomic E-state index is 11.2. The van der Waals surface area contributed by atoms with Crippen molar-refractivity contribution in [1.82, 2.24) is 0 Å². The van der Waals surface area contributed by atoms with Gasteiger partial charge in [-0.2, -0.15) is 0 Å². The van der Waals surface area contributed by atoms with Crippen LogP contribution >= 0.6 is 0 Å². The highest BCUT2D eigenvalue weighted by Crippen LogP contribution is 2.36. The second kappa shape index (κ2) is 5.00. The Morgan fingerprint density at radius 3 is 2.78 bits per heavy atom. The lowest BCUT2D eigenvalue weighted by Crippen LogP contribution is -2.01. The second-order valence-corrected chi connectivity index (χ2v) is 3.92. The topological polar surface area (TPSA) is 79.9 Å². The van der Waals surface area contributed by atoms with E-state index < -0.39 is 17.1 Å². The van der Waals surface area contributed by atoms with Crippen molar-refractivity contribution in [2.45, 2.75) is 19.8 Å². The number of ether oxygens (including phenoxy) is 1. The van der Waals surface area contributed by atoms with Crippen molar-refractivity contribution in [3.63, 3.8) is 0 Å². The van der Waals surface area contributed by atoms with E-state index in [1.807, 2.05) is 6.92 Å². The van der Waals surface area contributed by atoms with E-state index in [1.54, 1.807) is 12.1 Å². The van der Waals surface area contributed by atoms with Gasteiger partial charge >= 0.3 is 5.63 Å². The van der Waals surface area contributed by atoms with E-state index in [0.717, 1.165) is 12.8 Å². The van der Waals surface area contributed by atoms with Gasteiger partial charge in [-0.15, -0.1) is 0 Å². The van der Waals surface area contributed by atoms with Crippen LogP contribution in [0.25, 0.3) is 11.0 Å². The fraction of sp³-hybridized carbons (Fsp3) is 0.308. The molecule has 2 rings (SSSR count). The zero-order chi connectivity index (χ0) is 13.1. The Balaban J connectivity index is 2.54. The number of hydrogen-bond acceptors (Lipinski definition) is 5. The SMILES string of the molecule is CCCCOc1cccc2oc(=O)c(O)c(O)c12. The van der Waals surface area contributed by atoms with E-state index in [9.17, 15) is 15.0 Å². The summed E-state index contributed by atoms with van der Waals surface area (Å²) in [5.41, 5.74) is -0.782. The van der Waals surface area contributed by atoms with Gasteiger partial charge in [0.1, 0.15) is 16.7 Å². The zero-order valence-corrected chi connectivity index (χ0v) is 9.97. The molecule has 1 aromatic heterocycles. The Bertz CT molecular complexity index is 615. The lowest BCUT2D eigenvalue weighted by molar-refractivity contribution is 0.310. The maximum Gasteiger partial charge on any atom is 0.382 e. The molecule has 0 radical (unpaired) electrons. The molecule has 5 nitrogen and oxygen atoms in total. The van der Waals surface area contributed by atoms with E-state index in [0.29, 0.717) is 12.4 Å². The third-order valence-corrected chi connectivity index (χ3v) is 2.60. The van der Waals surface area contributed by atoms with Crippen molar-refractivity contribution < 1.29 is 19.4 Å². The highest BCUT2D eigenvalue weighted by molar-refractivity contribution is 5.90. The normalized spacial score (nSPS) is 10.7. The molecule has 0 unspecified atom stereocenters. The maximum absolute atomic E-state index is 11.2. The molecule has 1 aromatic carbocycles. The molecule has 0 amide bonds. The predicted octanol–water partition coefficient (Wildman–Crippen LogP) is 2.38. The van der Waals surface area contributed by atoms with Crippen LogP contribution in [-0.4, -0.2) is 16.8 Å². The Morgan fingerprint density at radius 1 is 1.28 bits per heavy atom. The molecule has 0 aliphatic heterocycles. The van der Waals surface area contributed by atoms with E-state index >= 15 is 0 Å². The first kappa shape index (κ1) is 12.3. The van der Waals surface area contributed by atoms with Gasteiger partial charge in [0.25, 0.3) is 0 Å². The molecule has 1 heterocycles. The highest BCUT2D eigenvalue weighted by Gasteiger charge is 2.16. The molecule has 0 saturated heterocycles. The molecule has 5 heteroatoms. The molecule has 0 spiro atoms. The van der Waals surface area contributed by atoms with E-state index in [1.165, 1.54) is 6.07 Å². The van der Waals surface area contributed by atoms with Gasteiger partial charge in [0.2, 0.25) is 5.75 Å². The first-order valence-electron chi connectivity index (χ1n) is 5.75. The molecule has 0 aliphatic carbocycles. The largest absolute Gasteiger partial charge is 0.503 e. The number of fused-ring (bicyclic) bond motifs is 1. The molecule has 18 heavy (non-hydrogen) atoms. The molecule has 2 N–H and O–H groups in total. The molecule has 96 valence electrons. The monoisotopic (exact) mass is 250 g/mol. The first-order chi connectivity index (χ1) is 8.65. The summed E-state index contributed by atoms with van der Waals surface area (Å²) in [6.07, 6.45) is 1.86. The van der Waals surface area contributed by atoms with Crippen LogP contribution in [0.3, 0.4) is 0 Å². The van der Waals surface area contributed by atoms with E-state index in [4.69, 9.17) is 9.15 Å². The third kappa shape index (κ3) is 2.11. The van der Waals surface area contributed by atoms with Crippen LogP contribution in [0.15, 0.2) is 27.4 Å². The summed E-state index contributed by atoms with van der Waals surface area (Å²) >= 11 is 0. The molecular weight excluding hydrogens is 236 g/mol. The Kier molecular flexibility index (Phi) is 3.41. The predicted molar refractivity (Wildman–Crippen MR) is 66.2 cm³/mol. The van der Waals surface area contributed by atoms with Crippen molar-refractivity contribution in [1.29, 1.82) is 0 Å². The Labute approximate surface area is 103 Å². The van der Waals surface area contributed by atoms with Crippen molar-refractivity contribution >= 4 is 11.0 Å². The zero-order valence-electron chi connectivity index (χ0n) is 9.97. The van der Waals surface area contributed by atoms with Gasteiger partial charge < -0.3 is 19.4 Å². The molecular formula is C13H14O5. The Hall–Kier alpha value is -2.17. The summed E-state index contributed by atoms with van der Waals surface area (Å²) in [7, 11) is 0. The molecule has 2 aromatic rings. The number of rotatable bonds is 4. The smallest absolute Gasteiger partial charge is 0.382 e. The van der Waals surface area contributed by atoms with Crippen molar-refractivity contribution in [3.8, 4) is 17.2 Å². The van der Waals surface area contributed by atoms with Gasteiger partial charge in [-0.05, 0) is 18.6 Å². The number of hydrogen-bond donors (Lipinski definition) is 2. The van der Waals surface area contributed by atoms with Gasteiger partial charge in [0, 0.05) is 0 Å². The quantitative estimate of drug-likeness (QED) is 0.643. The minimum Gasteiger partial charge on any atom is -0.503 e. The van der Waals surface area contributed by atoms with Gasteiger partial charge in [-0.25, -0.2) is 4.79 Å². The minimum absolute atomic E-state index is 0.185. The Morgan fingerprint density at radius 2 is 2.06 bits per heavy atom. The van der Waals surface area contributed by atoms with Crippen LogP contribution in [0.2, 0.25) is 0 Å². The van der Waals surface area contributed by atoms with Crippen LogP contribution in [0, 0.1) is 0 Å². The number of unbranched alkanes of at least 4 members (excludes halogenated alkanes) is 1. The van der Waals surface area contributed by atoms with Gasteiger partial charge in [0.05, 0.1) is 6.61 Å². The van der Waals surface area contributed by atoms with Gasteiger partial charge in [-0.1, -0.05) is 19.4 Å². The van der Waals surface area contributed by atoms with Crippen LogP contribution in [0.5, 0.6) is 17.2 Å². The van der Waals surface area contributed by atoms with Crippen molar-refractivity contribution in [2.24, 2.45) is 0 Å². The summed E-state index contributed by atoms with van der Waals surface area (Å²) in [6.45, 7) is 2.53. The number of benzene rings is 1. The average molecular weight is 250 g/mol. The third-order valence-electron chi connectivity index (χ3n) is 2.60. The van der Waals surface area contributed by atoms with Crippen LogP contribution in [0.1, 0.15) is 19.8 Å².